The Bertz CT molecular complexity index is 1090. The van der Waals surface area contributed by atoms with Crippen LogP contribution in [0.15, 0.2) is 58.2 Å². The Kier molecular flexibility index (Phi) is 5.11. The van der Waals surface area contributed by atoms with Crippen LogP contribution in [0.25, 0.3) is 10.9 Å². The zero-order chi connectivity index (χ0) is 18.7. The molecule has 0 fully saturated rings. The maximum atomic E-state index is 12.3. The van der Waals surface area contributed by atoms with Crippen LogP contribution in [0.5, 0.6) is 5.75 Å². The van der Waals surface area contributed by atoms with Crippen molar-refractivity contribution in [1.82, 2.24) is 9.71 Å². The van der Waals surface area contributed by atoms with Gasteiger partial charge in [-0.15, -0.1) is 0 Å². The lowest BCUT2D eigenvalue weighted by atomic mass is 10.1. The first kappa shape index (κ1) is 18.2. The van der Waals surface area contributed by atoms with Gasteiger partial charge < -0.3 is 9.72 Å². The van der Waals surface area contributed by atoms with Gasteiger partial charge in [0.2, 0.25) is 10.0 Å². The summed E-state index contributed by atoms with van der Waals surface area (Å²) in [4.78, 5) is 15.4. The summed E-state index contributed by atoms with van der Waals surface area (Å²) in [5.74, 6) is 0.596. The molecule has 2 aromatic carbocycles. The second-order valence-corrected chi connectivity index (χ2v) is 7.72. The van der Waals surface area contributed by atoms with Crippen molar-refractivity contribution in [2.75, 3.05) is 13.7 Å². The van der Waals surface area contributed by atoms with Crippen LogP contribution in [0.2, 0.25) is 0 Å². The number of rotatable bonds is 6. The number of ether oxygens (including phenoxy) is 1. The van der Waals surface area contributed by atoms with Crippen molar-refractivity contribution >= 4 is 20.9 Å². The number of aryl methyl sites for hydroxylation is 1. The SMILES string of the molecule is COc1ccc(C)c2cc(CCNS(=O)(=O)c3ccccc3)c(=O)[nH]c12. The highest BCUT2D eigenvalue weighted by molar-refractivity contribution is 7.89. The molecule has 26 heavy (non-hydrogen) atoms. The molecule has 0 aliphatic rings. The molecule has 0 saturated heterocycles. The molecule has 7 heteroatoms. The summed E-state index contributed by atoms with van der Waals surface area (Å²) in [6, 6.07) is 13.7. The molecule has 0 amide bonds. The Morgan fingerprint density at radius 1 is 1.12 bits per heavy atom. The summed E-state index contributed by atoms with van der Waals surface area (Å²) in [5, 5.41) is 0.880. The average Bonchev–Trinajstić information content (AvgIpc) is 2.63. The highest BCUT2D eigenvalue weighted by Gasteiger charge is 2.14. The average molecular weight is 372 g/mol. The van der Waals surface area contributed by atoms with Gasteiger partial charge in [-0.3, -0.25) is 4.79 Å². The van der Waals surface area contributed by atoms with Crippen molar-refractivity contribution in [3.8, 4) is 5.75 Å². The summed E-state index contributed by atoms with van der Waals surface area (Å²) >= 11 is 0. The number of aromatic nitrogens is 1. The molecule has 6 nitrogen and oxygen atoms in total. The van der Waals surface area contributed by atoms with E-state index < -0.39 is 10.0 Å². The number of pyridine rings is 1. The summed E-state index contributed by atoms with van der Waals surface area (Å²) in [6.45, 7) is 2.08. The van der Waals surface area contributed by atoms with Crippen molar-refractivity contribution in [2.24, 2.45) is 0 Å². The van der Waals surface area contributed by atoms with E-state index in [2.05, 4.69) is 9.71 Å². The van der Waals surface area contributed by atoms with Crippen molar-refractivity contribution < 1.29 is 13.2 Å². The van der Waals surface area contributed by atoms with Gasteiger partial charge in [-0.25, -0.2) is 13.1 Å². The van der Waals surface area contributed by atoms with Gasteiger partial charge in [-0.1, -0.05) is 24.3 Å². The molecule has 0 saturated carbocycles. The molecule has 3 rings (SSSR count). The number of nitrogens with one attached hydrogen (secondary N) is 2. The molecule has 136 valence electrons. The van der Waals surface area contributed by atoms with Crippen LogP contribution in [0.3, 0.4) is 0 Å². The number of methoxy groups -OCH3 is 1. The molecule has 3 aromatic rings. The van der Waals surface area contributed by atoms with Crippen LogP contribution in [-0.4, -0.2) is 27.1 Å². The number of hydrogen-bond acceptors (Lipinski definition) is 4. The van der Waals surface area contributed by atoms with Gasteiger partial charge in [-0.05, 0) is 43.2 Å². The first-order chi connectivity index (χ1) is 12.4. The van der Waals surface area contributed by atoms with Crippen molar-refractivity contribution in [3.63, 3.8) is 0 Å². The molecule has 1 heterocycles. The van der Waals surface area contributed by atoms with Gasteiger partial charge in [0, 0.05) is 17.5 Å². The summed E-state index contributed by atoms with van der Waals surface area (Å²) in [5.41, 5.74) is 1.92. The fourth-order valence-electron chi connectivity index (χ4n) is 2.81. The quantitative estimate of drug-likeness (QED) is 0.695. The molecule has 0 aliphatic carbocycles. The standard InChI is InChI=1S/C19H20N2O4S/c1-13-8-9-17(25-2)18-16(13)12-14(19(22)21-18)10-11-20-26(23,24)15-6-4-3-5-7-15/h3-9,12,20H,10-11H2,1-2H3,(H,21,22). The Morgan fingerprint density at radius 3 is 2.54 bits per heavy atom. The Labute approximate surface area is 151 Å². The lowest BCUT2D eigenvalue weighted by Gasteiger charge is -2.10. The fourth-order valence-corrected chi connectivity index (χ4v) is 3.86. The van der Waals surface area contributed by atoms with Crippen LogP contribution in [0.1, 0.15) is 11.1 Å². The third-order valence-electron chi connectivity index (χ3n) is 4.23. The lowest BCUT2D eigenvalue weighted by molar-refractivity contribution is 0.418. The van der Waals surface area contributed by atoms with Gasteiger partial charge >= 0.3 is 0 Å². The Balaban J connectivity index is 1.83. The normalized spacial score (nSPS) is 11.6. The van der Waals surface area contributed by atoms with E-state index in [1.807, 2.05) is 13.0 Å². The highest BCUT2D eigenvalue weighted by atomic mass is 32.2. The van der Waals surface area contributed by atoms with Crippen LogP contribution in [0, 0.1) is 6.92 Å². The van der Waals surface area contributed by atoms with E-state index >= 15 is 0 Å². The minimum absolute atomic E-state index is 0.134. The molecule has 0 aliphatic heterocycles. The van der Waals surface area contributed by atoms with Crippen LogP contribution >= 0.6 is 0 Å². The number of fused-ring (bicyclic) bond motifs is 1. The lowest BCUT2D eigenvalue weighted by Crippen LogP contribution is -2.27. The highest BCUT2D eigenvalue weighted by Crippen LogP contribution is 2.25. The molecule has 0 radical (unpaired) electrons. The Morgan fingerprint density at radius 2 is 1.85 bits per heavy atom. The van der Waals surface area contributed by atoms with Crippen LogP contribution in [-0.2, 0) is 16.4 Å². The number of sulfonamides is 1. The third kappa shape index (κ3) is 3.63. The predicted octanol–water partition coefficient (Wildman–Crippen LogP) is 2.37. The third-order valence-corrected chi connectivity index (χ3v) is 5.71. The second-order valence-electron chi connectivity index (χ2n) is 5.96. The minimum atomic E-state index is -3.59. The topological polar surface area (TPSA) is 88.3 Å². The first-order valence-electron chi connectivity index (χ1n) is 8.16. The molecular formula is C19H20N2O4S. The monoisotopic (exact) mass is 372 g/mol. The second kappa shape index (κ2) is 7.31. The molecule has 0 unspecified atom stereocenters. The van der Waals surface area contributed by atoms with Crippen LogP contribution in [0.4, 0.5) is 0 Å². The van der Waals surface area contributed by atoms with E-state index in [-0.39, 0.29) is 23.4 Å². The smallest absolute Gasteiger partial charge is 0.251 e. The molecule has 0 bridgehead atoms. The molecule has 0 atom stereocenters. The van der Waals surface area contributed by atoms with E-state index in [1.165, 1.54) is 12.1 Å². The van der Waals surface area contributed by atoms with Crippen LogP contribution < -0.4 is 15.0 Å². The fraction of sp³-hybridized carbons (Fsp3) is 0.211. The van der Waals surface area contributed by atoms with Gasteiger partial charge in [0.25, 0.3) is 5.56 Å². The van der Waals surface area contributed by atoms with Gasteiger partial charge in [-0.2, -0.15) is 0 Å². The molecule has 0 spiro atoms. The van der Waals surface area contributed by atoms with Gasteiger partial charge in [0.05, 0.1) is 17.5 Å². The summed E-state index contributed by atoms with van der Waals surface area (Å²) in [7, 11) is -2.04. The molecule has 2 N–H and O–H groups in total. The maximum absolute atomic E-state index is 12.3. The number of aromatic amines is 1. The largest absolute Gasteiger partial charge is 0.495 e. The van der Waals surface area contributed by atoms with E-state index in [0.29, 0.717) is 16.8 Å². The molecular weight excluding hydrogens is 352 g/mol. The summed E-state index contributed by atoms with van der Waals surface area (Å²) < 4.78 is 32.3. The number of hydrogen-bond donors (Lipinski definition) is 2. The van der Waals surface area contributed by atoms with Crippen molar-refractivity contribution in [2.45, 2.75) is 18.2 Å². The van der Waals surface area contributed by atoms with E-state index in [9.17, 15) is 13.2 Å². The molecule has 1 aromatic heterocycles. The van der Waals surface area contributed by atoms with E-state index in [0.717, 1.165) is 10.9 Å². The zero-order valence-corrected chi connectivity index (χ0v) is 15.4. The zero-order valence-electron chi connectivity index (χ0n) is 14.6. The van der Waals surface area contributed by atoms with Crippen molar-refractivity contribution in [3.05, 3.63) is 70.0 Å². The van der Waals surface area contributed by atoms with E-state index in [1.54, 1.807) is 37.4 Å². The predicted molar refractivity (Wildman–Crippen MR) is 101 cm³/mol. The Hall–Kier alpha value is -2.64. The number of H-pyrrole nitrogens is 1. The van der Waals surface area contributed by atoms with Gasteiger partial charge in [0.1, 0.15) is 5.75 Å². The minimum Gasteiger partial charge on any atom is -0.495 e. The summed E-state index contributed by atoms with van der Waals surface area (Å²) in [6.07, 6.45) is 0.286. The van der Waals surface area contributed by atoms with Gasteiger partial charge in [0.15, 0.2) is 0 Å². The van der Waals surface area contributed by atoms with E-state index in [4.69, 9.17) is 4.74 Å². The number of benzene rings is 2. The first-order valence-corrected chi connectivity index (χ1v) is 9.65. The van der Waals surface area contributed by atoms with Crippen molar-refractivity contribution in [1.29, 1.82) is 0 Å². The maximum Gasteiger partial charge on any atom is 0.251 e.